The summed E-state index contributed by atoms with van der Waals surface area (Å²) in [5, 5.41) is 7.62. The Morgan fingerprint density at radius 2 is 1.00 bits per heavy atom. The van der Waals surface area contributed by atoms with Crippen molar-refractivity contribution in [1.82, 2.24) is 0 Å². The lowest BCUT2D eigenvalue weighted by molar-refractivity contribution is 1.28. The molecule has 0 spiro atoms. The number of nitrogens with one attached hydrogen (secondary N) is 1. The standard InChI is InChI=1S/C62H42N2S/c1-2-13-45(14-3-1)55-19-8-9-23-60(55)63-51-18-10-17-49(41-51)43-26-33-52(34-27-43)64(53-35-28-44(29-36-53)50-25-24-42-12-4-5-16-48(42)40-50)54-37-30-47(31-38-54)57-21-11-22-58-59-39-32-46-15-6-7-20-56(46)62(59)65-61(57)58/h1-41,63H/i4D,5D,12D,16D,24D,25D,28D,29D,35D,36D,40D. The van der Waals surface area contributed by atoms with Crippen LogP contribution in [0.5, 0.6) is 0 Å². The lowest BCUT2D eigenvalue weighted by Gasteiger charge is -2.26. The van der Waals surface area contributed by atoms with Crippen molar-refractivity contribution in [2.45, 2.75) is 0 Å². The van der Waals surface area contributed by atoms with Crippen LogP contribution < -0.4 is 10.2 Å². The Morgan fingerprint density at radius 1 is 0.369 bits per heavy atom. The third-order valence-electron chi connectivity index (χ3n) is 11.8. The Labute approximate surface area is 398 Å². The lowest BCUT2D eigenvalue weighted by atomic mass is 10.00. The van der Waals surface area contributed by atoms with E-state index in [4.69, 9.17) is 8.22 Å². The summed E-state index contributed by atoms with van der Waals surface area (Å²) in [6.07, 6.45) is 0. The van der Waals surface area contributed by atoms with Crippen LogP contribution >= 0.6 is 11.3 Å². The van der Waals surface area contributed by atoms with E-state index in [9.17, 15) is 6.85 Å². The molecule has 3 heteroatoms. The molecule has 0 fully saturated rings. The van der Waals surface area contributed by atoms with Gasteiger partial charge in [0.1, 0.15) is 0 Å². The van der Waals surface area contributed by atoms with Gasteiger partial charge < -0.3 is 10.2 Å². The van der Waals surface area contributed by atoms with Crippen LogP contribution in [0, 0.1) is 0 Å². The highest BCUT2D eigenvalue weighted by Crippen LogP contribution is 2.44. The van der Waals surface area contributed by atoms with E-state index in [0.29, 0.717) is 11.4 Å². The summed E-state index contributed by atoms with van der Waals surface area (Å²) in [4.78, 5) is 1.67. The number of hydrogen-bond donors (Lipinski definition) is 1. The first kappa shape index (κ1) is 28.4. The first-order valence-electron chi connectivity index (χ1n) is 26.8. The highest BCUT2D eigenvalue weighted by molar-refractivity contribution is 7.27. The number of rotatable bonds is 9. The Kier molecular flexibility index (Phi) is 7.21. The molecule has 0 aliphatic rings. The zero-order valence-electron chi connectivity index (χ0n) is 45.7. The molecular weight excluding hydrogens is 805 g/mol. The molecule has 1 heterocycles. The monoisotopic (exact) mass is 857 g/mol. The molecular formula is C62H42N2S. The molecule has 65 heavy (non-hydrogen) atoms. The summed E-state index contributed by atoms with van der Waals surface area (Å²) in [5.41, 5.74) is 7.84. The first-order chi connectivity index (χ1) is 36.8. The summed E-state index contributed by atoms with van der Waals surface area (Å²) in [6, 6.07) is 54.3. The van der Waals surface area contributed by atoms with Crippen molar-refractivity contribution in [2.75, 3.05) is 10.2 Å². The smallest absolute Gasteiger partial charge is 0.0645 e. The number of benzene rings is 11. The zero-order chi connectivity index (χ0) is 52.7. The van der Waals surface area contributed by atoms with Gasteiger partial charge in [0.15, 0.2) is 0 Å². The van der Waals surface area contributed by atoms with E-state index in [-0.39, 0.29) is 16.5 Å². The number of nitrogens with zero attached hydrogens (tertiary/aromatic N) is 1. The number of para-hydroxylation sites is 1. The minimum absolute atomic E-state index is 0.104. The van der Waals surface area contributed by atoms with E-state index in [1.54, 1.807) is 16.2 Å². The molecule has 306 valence electrons. The average molecular weight is 858 g/mol. The van der Waals surface area contributed by atoms with Crippen molar-refractivity contribution in [2.24, 2.45) is 0 Å². The van der Waals surface area contributed by atoms with E-state index in [1.165, 1.54) is 20.9 Å². The largest absolute Gasteiger partial charge is 0.355 e. The lowest BCUT2D eigenvalue weighted by Crippen LogP contribution is -2.09. The summed E-state index contributed by atoms with van der Waals surface area (Å²) in [5.74, 6) is 0. The predicted molar refractivity (Wildman–Crippen MR) is 280 cm³/mol. The van der Waals surface area contributed by atoms with Gasteiger partial charge in [0, 0.05) is 54.2 Å². The summed E-state index contributed by atoms with van der Waals surface area (Å²) in [7, 11) is 0. The van der Waals surface area contributed by atoms with Gasteiger partial charge in [0.05, 0.1) is 15.1 Å². The molecule has 12 rings (SSSR count). The van der Waals surface area contributed by atoms with Crippen LogP contribution in [0.1, 0.15) is 15.1 Å². The molecule has 12 aromatic rings. The second kappa shape index (κ2) is 16.5. The topological polar surface area (TPSA) is 15.3 Å². The predicted octanol–water partition coefficient (Wildman–Crippen LogP) is 18.2. The van der Waals surface area contributed by atoms with Crippen molar-refractivity contribution in [3.8, 4) is 44.5 Å². The third-order valence-corrected chi connectivity index (χ3v) is 13.1. The highest BCUT2D eigenvalue weighted by Gasteiger charge is 2.17. The second-order valence-corrected chi connectivity index (χ2v) is 16.7. The molecule has 1 aromatic heterocycles. The number of hydrogen-bond acceptors (Lipinski definition) is 3. The van der Waals surface area contributed by atoms with Crippen molar-refractivity contribution in [3.05, 3.63) is 248 Å². The molecule has 0 bridgehead atoms. The highest BCUT2D eigenvalue weighted by atomic mass is 32.1. The van der Waals surface area contributed by atoms with Gasteiger partial charge in [0.2, 0.25) is 0 Å². The van der Waals surface area contributed by atoms with Gasteiger partial charge in [-0.1, -0.05) is 188 Å². The van der Waals surface area contributed by atoms with Crippen molar-refractivity contribution < 1.29 is 15.1 Å². The molecule has 0 unspecified atom stereocenters. The van der Waals surface area contributed by atoms with Gasteiger partial charge in [-0.2, -0.15) is 0 Å². The van der Waals surface area contributed by atoms with Crippen molar-refractivity contribution in [3.63, 3.8) is 0 Å². The third kappa shape index (κ3) is 7.28. The maximum atomic E-state index is 9.66. The molecule has 0 aliphatic heterocycles. The van der Waals surface area contributed by atoms with Crippen LogP contribution in [0.2, 0.25) is 0 Å². The molecule has 0 aliphatic carbocycles. The number of thiophene rings is 1. The average Bonchev–Trinajstić information content (AvgIpc) is 3.92. The van der Waals surface area contributed by atoms with E-state index in [0.717, 1.165) is 54.8 Å². The molecule has 0 atom stereocenters. The maximum Gasteiger partial charge on any atom is 0.0645 e. The Bertz CT molecular complexity index is 4300. The van der Waals surface area contributed by atoms with Gasteiger partial charge in [-0.05, 0) is 121 Å². The zero-order valence-corrected chi connectivity index (χ0v) is 35.5. The molecule has 0 radical (unpaired) electrons. The molecule has 0 saturated carbocycles. The minimum Gasteiger partial charge on any atom is -0.355 e. The Morgan fingerprint density at radius 3 is 1.83 bits per heavy atom. The van der Waals surface area contributed by atoms with Gasteiger partial charge in [-0.15, -0.1) is 11.3 Å². The van der Waals surface area contributed by atoms with Crippen LogP contribution in [0.25, 0.3) is 86.2 Å². The van der Waals surface area contributed by atoms with Crippen LogP contribution in [0.4, 0.5) is 28.4 Å². The Balaban J connectivity index is 0.984. The normalized spacial score (nSPS) is 13.8. The summed E-state index contributed by atoms with van der Waals surface area (Å²) < 4.78 is 101. The summed E-state index contributed by atoms with van der Waals surface area (Å²) in [6.45, 7) is 0. The van der Waals surface area contributed by atoms with Gasteiger partial charge in [-0.3, -0.25) is 0 Å². The van der Waals surface area contributed by atoms with E-state index < -0.39 is 77.6 Å². The minimum atomic E-state index is -0.652. The molecule has 11 aromatic carbocycles. The SMILES string of the molecule is [2H]c1c([2H])c(N(c2ccc(-c3cccc(Nc4ccccc4-c4ccccc4)c3)cc2)c2ccc(-c3cccc4c3sc3c5ccccc5ccc43)cc2)c([2H])c([2H])c1-c1c([2H])c([2H])c2c([2H])c([2H])c([2H])c([2H])c2c1[2H]. The van der Waals surface area contributed by atoms with Gasteiger partial charge >= 0.3 is 0 Å². The molecule has 0 saturated heterocycles. The van der Waals surface area contributed by atoms with Crippen LogP contribution in [-0.4, -0.2) is 0 Å². The molecule has 2 nitrogen and oxygen atoms in total. The van der Waals surface area contributed by atoms with Gasteiger partial charge in [0.25, 0.3) is 0 Å². The van der Waals surface area contributed by atoms with Crippen molar-refractivity contribution in [1.29, 1.82) is 0 Å². The van der Waals surface area contributed by atoms with Crippen LogP contribution in [0.15, 0.2) is 248 Å². The quantitative estimate of drug-likeness (QED) is 0.156. The van der Waals surface area contributed by atoms with Crippen molar-refractivity contribution >= 4 is 81.5 Å². The van der Waals surface area contributed by atoms with Gasteiger partial charge in [-0.25, -0.2) is 0 Å². The van der Waals surface area contributed by atoms with Crippen LogP contribution in [0.3, 0.4) is 0 Å². The number of anilines is 5. The summed E-state index contributed by atoms with van der Waals surface area (Å²) >= 11 is 1.75. The Hall–Kier alpha value is -8.24. The number of fused-ring (bicyclic) bond motifs is 6. The second-order valence-electron chi connectivity index (χ2n) is 15.7. The van der Waals surface area contributed by atoms with E-state index in [1.807, 2.05) is 109 Å². The fraction of sp³-hybridized carbons (Fsp3) is 0. The molecule has 1 N–H and O–H groups in total. The van der Waals surface area contributed by atoms with E-state index in [2.05, 4.69) is 78.1 Å². The first-order valence-corrected chi connectivity index (χ1v) is 22.1. The fourth-order valence-corrected chi connectivity index (χ4v) is 9.97. The molecule has 0 amide bonds. The van der Waals surface area contributed by atoms with E-state index >= 15 is 0 Å². The maximum absolute atomic E-state index is 9.66. The van der Waals surface area contributed by atoms with Crippen LogP contribution in [-0.2, 0) is 0 Å². The fourth-order valence-electron chi connectivity index (χ4n) is 8.60.